The maximum absolute atomic E-state index is 10.0. The van der Waals surface area contributed by atoms with Gasteiger partial charge in [0.05, 0.1) is 6.61 Å². The second kappa shape index (κ2) is 24.9. The number of nitrogens with one attached hydrogen (secondary N) is 1. The zero-order valence-electron chi connectivity index (χ0n) is 11.0. The van der Waals surface area contributed by atoms with Gasteiger partial charge in [0.15, 0.2) is 0 Å². The minimum atomic E-state index is -0.211. The Morgan fingerprint density at radius 3 is 1.56 bits per heavy atom. The SMILES string of the molecule is C.CC(=O)NCCN.CCOC(C)=O.NCCN. The zero-order chi connectivity index (χ0) is 14.1. The van der Waals surface area contributed by atoms with Crippen LogP contribution >= 0.6 is 0 Å². The van der Waals surface area contributed by atoms with Crippen LogP contribution in [-0.2, 0) is 14.3 Å². The summed E-state index contributed by atoms with van der Waals surface area (Å²) in [5.74, 6) is -0.233. The third kappa shape index (κ3) is 60.9. The van der Waals surface area contributed by atoms with Gasteiger partial charge in [-0.1, -0.05) is 7.43 Å². The van der Waals surface area contributed by atoms with Crippen LogP contribution in [0.15, 0.2) is 0 Å². The normalized spacial score (nSPS) is 7.44. The van der Waals surface area contributed by atoms with Crippen molar-refractivity contribution in [2.75, 3.05) is 32.8 Å². The van der Waals surface area contributed by atoms with E-state index in [0.717, 1.165) is 0 Å². The highest BCUT2D eigenvalue weighted by Gasteiger charge is 1.83. The second-order valence-electron chi connectivity index (χ2n) is 2.77. The maximum atomic E-state index is 10.0. The molecule has 0 saturated carbocycles. The largest absolute Gasteiger partial charge is 0.466 e. The van der Waals surface area contributed by atoms with Gasteiger partial charge in [-0.15, -0.1) is 0 Å². The van der Waals surface area contributed by atoms with Crippen LogP contribution in [0.25, 0.3) is 0 Å². The van der Waals surface area contributed by atoms with E-state index in [2.05, 4.69) is 10.1 Å². The van der Waals surface area contributed by atoms with E-state index >= 15 is 0 Å². The van der Waals surface area contributed by atoms with Crippen molar-refractivity contribution in [3.63, 3.8) is 0 Å². The molecule has 0 aromatic rings. The lowest BCUT2D eigenvalue weighted by molar-refractivity contribution is -0.140. The molecule has 0 radical (unpaired) electrons. The molecule has 7 nitrogen and oxygen atoms in total. The first-order chi connectivity index (χ1) is 7.95. The fourth-order valence-electron chi connectivity index (χ4n) is 0.451. The average Bonchev–Trinajstić information content (AvgIpc) is 2.27. The van der Waals surface area contributed by atoms with E-state index in [4.69, 9.17) is 17.2 Å². The van der Waals surface area contributed by atoms with E-state index < -0.39 is 0 Å². The Kier molecular flexibility index (Phi) is 35.4. The summed E-state index contributed by atoms with van der Waals surface area (Å²) in [5.41, 5.74) is 14.9. The average molecular weight is 266 g/mol. The summed E-state index contributed by atoms with van der Waals surface area (Å²) in [6, 6.07) is 0. The van der Waals surface area contributed by atoms with E-state index in [1.165, 1.54) is 13.8 Å². The Hall–Kier alpha value is -1.18. The van der Waals surface area contributed by atoms with Crippen molar-refractivity contribution in [3.8, 4) is 0 Å². The molecule has 0 aromatic carbocycles. The topological polar surface area (TPSA) is 133 Å². The summed E-state index contributed by atoms with van der Waals surface area (Å²) in [7, 11) is 0. The van der Waals surface area contributed by atoms with Crippen LogP contribution in [0.1, 0.15) is 28.2 Å². The Labute approximate surface area is 110 Å². The fourth-order valence-corrected chi connectivity index (χ4v) is 0.451. The molecule has 112 valence electrons. The van der Waals surface area contributed by atoms with Crippen molar-refractivity contribution >= 4 is 11.9 Å². The smallest absolute Gasteiger partial charge is 0.302 e. The Morgan fingerprint density at radius 2 is 1.50 bits per heavy atom. The summed E-state index contributed by atoms with van der Waals surface area (Å²) in [5, 5.41) is 2.53. The molecule has 0 spiro atoms. The lowest BCUT2D eigenvalue weighted by Crippen LogP contribution is -2.26. The molecule has 0 bridgehead atoms. The predicted octanol–water partition coefficient (Wildman–Crippen LogP) is -0.809. The van der Waals surface area contributed by atoms with Crippen molar-refractivity contribution < 1.29 is 14.3 Å². The Balaban J connectivity index is -0.0000000823. The number of carbonyl (C=O) groups is 2. The number of hydrogen-bond acceptors (Lipinski definition) is 6. The monoisotopic (exact) mass is 266 g/mol. The lowest BCUT2D eigenvalue weighted by Gasteiger charge is -1.93. The van der Waals surface area contributed by atoms with Gasteiger partial charge in [-0.05, 0) is 6.92 Å². The van der Waals surface area contributed by atoms with Gasteiger partial charge in [-0.25, -0.2) is 0 Å². The van der Waals surface area contributed by atoms with Gasteiger partial charge in [-0.2, -0.15) is 0 Å². The maximum Gasteiger partial charge on any atom is 0.302 e. The van der Waals surface area contributed by atoms with E-state index in [-0.39, 0.29) is 19.3 Å². The van der Waals surface area contributed by atoms with E-state index in [1.807, 2.05) is 0 Å². The van der Waals surface area contributed by atoms with Crippen LogP contribution in [0.5, 0.6) is 0 Å². The van der Waals surface area contributed by atoms with Crippen LogP contribution in [-0.4, -0.2) is 44.7 Å². The molecule has 7 N–H and O–H groups in total. The minimum Gasteiger partial charge on any atom is -0.466 e. The Bertz CT molecular complexity index is 176. The number of carbonyl (C=O) groups excluding carboxylic acids is 2. The lowest BCUT2D eigenvalue weighted by atomic mass is 10.6. The molecule has 18 heavy (non-hydrogen) atoms. The second-order valence-corrected chi connectivity index (χ2v) is 2.77. The summed E-state index contributed by atoms with van der Waals surface area (Å²) < 4.78 is 4.40. The zero-order valence-corrected chi connectivity index (χ0v) is 11.0. The molecule has 0 aliphatic rings. The van der Waals surface area contributed by atoms with Crippen LogP contribution in [0.3, 0.4) is 0 Å². The van der Waals surface area contributed by atoms with Gasteiger partial charge in [-0.3, -0.25) is 9.59 Å². The molecule has 0 saturated heterocycles. The van der Waals surface area contributed by atoms with E-state index in [1.54, 1.807) is 6.92 Å². The highest BCUT2D eigenvalue weighted by atomic mass is 16.5. The summed E-state index contributed by atoms with van der Waals surface area (Å²) >= 11 is 0. The molecule has 0 aliphatic heterocycles. The Morgan fingerprint density at radius 1 is 1.06 bits per heavy atom. The third-order valence-electron chi connectivity index (χ3n) is 1.03. The molecular weight excluding hydrogens is 236 g/mol. The van der Waals surface area contributed by atoms with Gasteiger partial charge in [0.2, 0.25) is 5.91 Å². The first kappa shape index (κ1) is 25.6. The molecule has 0 aliphatic carbocycles. The molecule has 1 amide bonds. The molecule has 0 unspecified atom stereocenters. The number of rotatable bonds is 4. The number of hydrogen-bond donors (Lipinski definition) is 4. The van der Waals surface area contributed by atoms with E-state index in [9.17, 15) is 9.59 Å². The van der Waals surface area contributed by atoms with Crippen molar-refractivity contribution in [2.45, 2.75) is 28.2 Å². The van der Waals surface area contributed by atoms with Crippen LogP contribution < -0.4 is 22.5 Å². The minimum absolute atomic E-state index is 0. The third-order valence-corrected chi connectivity index (χ3v) is 1.03. The van der Waals surface area contributed by atoms with Gasteiger partial charge < -0.3 is 27.3 Å². The van der Waals surface area contributed by atoms with Crippen LogP contribution in [0.4, 0.5) is 0 Å². The first-order valence-electron chi connectivity index (χ1n) is 5.44. The van der Waals surface area contributed by atoms with Crippen LogP contribution in [0.2, 0.25) is 0 Å². The molecule has 0 atom stereocenters. The van der Waals surface area contributed by atoms with Crippen molar-refractivity contribution in [2.24, 2.45) is 17.2 Å². The predicted molar refractivity (Wildman–Crippen MR) is 74.9 cm³/mol. The number of ether oxygens (including phenoxy) is 1. The number of nitrogens with two attached hydrogens (primary N) is 3. The highest BCUT2D eigenvalue weighted by molar-refractivity contribution is 5.72. The van der Waals surface area contributed by atoms with Crippen LogP contribution in [0, 0.1) is 0 Å². The molecule has 0 fully saturated rings. The van der Waals surface area contributed by atoms with Crippen molar-refractivity contribution in [3.05, 3.63) is 0 Å². The number of esters is 1. The standard InChI is InChI=1S/C4H10N2O.C4H8O2.C2H8N2.CH4/c1-4(7)6-3-2-5;1-3-6-4(2)5;3-1-2-4;/h2-3,5H2,1H3,(H,6,7);3H2,1-2H3;1-4H2;1H4. The molecular formula is C11H30N4O3. The molecule has 0 heterocycles. The fraction of sp³-hybridized carbons (Fsp3) is 0.818. The number of amides is 1. The summed E-state index contributed by atoms with van der Waals surface area (Å²) in [6.07, 6.45) is 0. The molecule has 0 rings (SSSR count). The van der Waals surface area contributed by atoms with E-state index in [0.29, 0.717) is 32.8 Å². The van der Waals surface area contributed by atoms with Gasteiger partial charge in [0, 0.05) is 40.0 Å². The molecule has 7 heteroatoms. The van der Waals surface area contributed by atoms with Crippen molar-refractivity contribution in [1.29, 1.82) is 0 Å². The van der Waals surface area contributed by atoms with Crippen molar-refractivity contribution in [1.82, 2.24) is 5.32 Å². The van der Waals surface area contributed by atoms with Gasteiger partial charge in [0.1, 0.15) is 0 Å². The first-order valence-corrected chi connectivity index (χ1v) is 5.44. The van der Waals surface area contributed by atoms with Gasteiger partial charge >= 0.3 is 5.97 Å². The van der Waals surface area contributed by atoms with Gasteiger partial charge in [0.25, 0.3) is 0 Å². The highest BCUT2D eigenvalue weighted by Crippen LogP contribution is 1.69. The summed E-state index contributed by atoms with van der Waals surface area (Å²) in [4.78, 5) is 19.9. The summed E-state index contributed by atoms with van der Waals surface area (Å²) in [6.45, 7) is 7.41. The molecule has 0 aromatic heterocycles. The quantitative estimate of drug-likeness (QED) is 0.492.